The maximum Gasteiger partial charge on any atom is 0.412 e. The number of aromatic nitrogens is 2. The van der Waals surface area contributed by atoms with Crippen molar-refractivity contribution in [2.75, 3.05) is 5.32 Å². The predicted molar refractivity (Wildman–Crippen MR) is 166 cm³/mol. The zero-order valence-electron chi connectivity index (χ0n) is 25.5. The monoisotopic (exact) mass is 626 g/mol. The van der Waals surface area contributed by atoms with Crippen LogP contribution in [-0.2, 0) is 16.0 Å². The third-order valence-corrected chi connectivity index (χ3v) is 6.69. The number of carboxylic acids is 1. The molecule has 1 atom stereocenters. The van der Waals surface area contributed by atoms with E-state index >= 15 is 4.39 Å². The van der Waals surface area contributed by atoms with Crippen molar-refractivity contribution in [3.05, 3.63) is 102 Å². The number of furan rings is 1. The van der Waals surface area contributed by atoms with Gasteiger partial charge < -0.3 is 24.1 Å². The summed E-state index contributed by atoms with van der Waals surface area (Å²) in [5.41, 5.74) is 2.59. The Balaban J connectivity index is 1.23. The first-order valence-corrected chi connectivity index (χ1v) is 14.3. The van der Waals surface area contributed by atoms with Crippen LogP contribution in [0.25, 0.3) is 34.2 Å². The van der Waals surface area contributed by atoms with E-state index in [0.717, 1.165) is 17.2 Å². The van der Waals surface area contributed by atoms with Crippen molar-refractivity contribution in [3.8, 4) is 34.2 Å². The fourth-order valence-electron chi connectivity index (χ4n) is 4.43. The van der Waals surface area contributed by atoms with E-state index in [1.54, 1.807) is 51.1 Å². The van der Waals surface area contributed by atoms with Gasteiger partial charge in [-0.05, 0) is 81.8 Å². The maximum atomic E-state index is 15.2. The Morgan fingerprint density at radius 3 is 2.30 bits per heavy atom. The molecule has 236 valence electrons. The van der Waals surface area contributed by atoms with Gasteiger partial charge in [0.25, 0.3) is 11.8 Å². The number of carbonyl (C=O) groups is 3. The molecule has 0 aliphatic heterocycles. The number of carbonyl (C=O) groups excluding carboxylic acids is 2. The van der Waals surface area contributed by atoms with E-state index < -0.39 is 35.4 Å². The molecule has 0 fully saturated rings. The van der Waals surface area contributed by atoms with Crippen LogP contribution in [0.5, 0.6) is 0 Å². The van der Waals surface area contributed by atoms with Crippen LogP contribution in [0.2, 0.25) is 0 Å². The SMILES string of the molecule is Cc1ccc(-c2ccc(C(=O)N[C@@H](Cc3ccc(-c4noc(-c5ccc(NC(=O)OC(C)(C)C)cc5)n4)c(F)c3)C(=O)O)o2)cc1. The zero-order valence-corrected chi connectivity index (χ0v) is 25.5. The first-order valence-electron chi connectivity index (χ1n) is 14.3. The molecule has 12 heteroatoms. The van der Waals surface area contributed by atoms with E-state index in [0.29, 0.717) is 22.6 Å². The Kier molecular flexibility index (Phi) is 8.99. The lowest BCUT2D eigenvalue weighted by Crippen LogP contribution is -2.42. The highest BCUT2D eigenvalue weighted by molar-refractivity contribution is 5.95. The number of ether oxygens (including phenoxy) is 1. The third kappa shape index (κ3) is 7.83. The first-order chi connectivity index (χ1) is 21.8. The van der Waals surface area contributed by atoms with Gasteiger partial charge in [-0.1, -0.05) is 41.1 Å². The smallest absolute Gasteiger partial charge is 0.412 e. The van der Waals surface area contributed by atoms with E-state index in [1.165, 1.54) is 18.2 Å². The van der Waals surface area contributed by atoms with Crippen LogP contribution in [0, 0.1) is 12.7 Å². The van der Waals surface area contributed by atoms with Crippen molar-refractivity contribution in [1.82, 2.24) is 15.5 Å². The lowest BCUT2D eigenvalue weighted by molar-refractivity contribution is -0.139. The number of aryl methyl sites for hydroxylation is 1. The maximum absolute atomic E-state index is 15.2. The fraction of sp³-hybridized carbons (Fsp3) is 0.206. The molecular formula is C34H31FN4O7. The summed E-state index contributed by atoms with van der Waals surface area (Å²) in [5, 5.41) is 18.7. The Morgan fingerprint density at radius 1 is 0.957 bits per heavy atom. The minimum absolute atomic E-state index is 0.0136. The van der Waals surface area contributed by atoms with Crippen LogP contribution in [-0.4, -0.2) is 44.9 Å². The summed E-state index contributed by atoms with van der Waals surface area (Å²) in [6, 6.07) is 19.9. The summed E-state index contributed by atoms with van der Waals surface area (Å²) in [6.07, 6.45) is -0.786. The van der Waals surface area contributed by atoms with Gasteiger partial charge in [0.2, 0.25) is 5.82 Å². The molecule has 46 heavy (non-hydrogen) atoms. The van der Waals surface area contributed by atoms with Gasteiger partial charge in [-0.15, -0.1) is 0 Å². The average Bonchev–Trinajstić information content (AvgIpc) is 3.68. The second-order valence-corrected chi connectivity index (χ2v) is 11.5. The highest BCUT2D eigenvalue weighted by Crippen LogP contribution is 2.27. The van der Waals surface area contributed by atoms with Gasteiger partial charge in [0.15, 0.2) is 5.76 Å². The number of nitrogens with one attached hydrogen (secondary N) is 2. The molecule has 0 radical (unpaired) electrons. The second kappa shape index (κ2) is 13.1. The van der Waals surface area contributed by atoms with Gasteiger partial charge in [0.05, 0.1) is 5.56 Å². The summed E-state index contributed by atoms with van der Waals surface area (Å²) in [6.45, 7) is 7.24. The number of benzene rings is 3. The molecule has 0 unspecified atom stereocenters. The molecular weight excluding hydrogens is 595 g/mol. The predicted octanol–water partition coefficient (Wildman–Crippen LogP) is 6.88. The number of aliphatic carboxylic acids is 1. The number of nitrogens with zero attached hydrogens (tertiary/aromatic N) is 2. The molecule has 2 amide bonds. The van der Waals surface area contributed by atoms with Crippen LogP contribution in [0.1, 0.15) is 42.5 Å². The average molecular weight is 627 g/mol. The lowest BCUT2D eigenvalue weighted by atomic mass is 10.0. The zero-order chi connectivity index (χ0) is 33.0. The quantitative estimate of drug-likeness (QED) is 0.159. The van der Waals surface area contributed by atoms with E-state index in [2.05, 4.69) is 20.8 Å². The van der Waals surface area contributed by atoms with Gasteiger partial charge in [0.1, 0.15) is 23.2 Å². The minimum Gasteiger partial charge on any atom is -0.480 e. The molecule has 0 aliphatic carbocycles. The van der Waals surface area contributed by atoms with Gasteiger partial charge in [-0.3, -0.25) is 10.1 Å². The van der Waals surface area contributed by atoms with Crippen LogP contribution in [0.4, 0.5) is 14.9 Å². The molecule has 0 bridgehead atoms. The van der Waals surface area contributed by atoms with Crippen molar-refractivity contribution in [3.63, 3.8) is 0 Å². The van der Waals surface area contributed by atoms with E-state index in [1.807, 2.05) is 31.2 Å². The van der Waals surface area contributed by atoms with Crippen LogP contribution in [0.3, 0.4) is 0 Å². The Morgan fingerprint density at radius 2 is 1.65 bits per heavy atom. The van der Waals surface area contributed by atoms with Gasteiger partial charge in [-0.25, -0.2) is 14.0 Å². The number of hydrogen-bond acceptors (Lipinski definition) is 8. The Hall–Kier alpha value is -5.78. The summed E-state index contributed by atoms with van der Waals surface area (Å²) < 4.78 is 31.4. The molecule has 3 aromatic carbocycles. The Labute approximate surface area is 263 Å². The molecule has 0 saturated carbocycles. The van der Waals surface area contributed by atoms with Gasteiger partial charge in [0, 0.05) is 23.2 Å². The highest BCUT2D eigenvalue weighted by atomic mass is 19.1. The van der Waals surface area contributed by atoms with E-state index in [-0.39, 0.29) is 29.5 Å². The summed E-state index contributed by atoms with van der Waals surface area (Å²) in [4.78, 5) is 41.0. The lowest BCUT2D eigenvalue weighted by Gasteiger charge is -2.19. The van der Waals surface area contributed by atoms with E-state index in [4.69, 9.17) is 13.7 Å². The fourth-order valence-corrected chi connectivity index (χ4v) is 4.43. The minimum atomic E-state index is -1.35. The highest BCUT2D eigenvalue weighted by Gasteiger charge is 2.24. The number of halogens is 1. The molecule has 5 aromatic rings. The molecule has 3 N–H and O–H groups in total. The Bertz CT molecular complexity index is 1870. The number of amides is 2. The molecule has 0 spiro atoms. The standard InChI is InChI=1S/C34H31FN4O7/c1-19-5-8-21(9-6-19)27-15-16-28(44-27)30(40)37-26(32(41)42)18-20-7-14-24(25(35)17-20)29-38-31(46-39-29)22-10-12-23(13-11-22)36-33(43)45-34(2,3)4/h5-17,26H,18H2,1-4H3,(H,36,43)(H,37,40)(H,41,42)/t26-/m0/s1. The molecule has 11 nitrogen and oxygen atoms in total. The van der Waals surface area contributed by atoms with Crippen LogP contribution < -0.4 is 10.6 Å². The largest absolute Gasteiger partial charge is 0.480 e. The van der Waals surface area contributed by atoms with Crippen molar-refractivity contribution >= 4 is 23.7 Å². The van der Waals surface area contributed by atoms with E-state index in [9.17, 15) is 19.5 Å². The molecule has 0 aliphatic rings. The van der Waals surface area contributed by atoms with Crippen molar-refractivity contribution < 1.29 is 37.6 Å². The summed E-state index contributed by atoms with van der Waals surface area (Å²) in [5.74, 6) is -2.18. The molecule has 0 saturated heterocycles. The van der Waals surface area contributed by atoms with Crippen molar-refractivity contribution in [1.29, 1.82) is 0 Å². The van der Waals surface area contributed by atoms with Crippen molar-refractivity contribution in [2.24, 2.45) is 0 Å². The van der Waals surface area contributed by atoms with Gasteiger partial charge in [-0.2, -0.15) is 4.98 Å². The van der Waals surface area contributed by atoms with Gasteiger partial charge >= 0.3 is 12.1 Å². The third-order valence-electron chi connectivity index (χ3n) is 6.69. The van der Waals surface area contributed by atoms with Crippen LogP contribution >= 0.6 is 0 Å². The molecule has 2 aromatic heterocycles. The first kappa shape index (κ1) is 31.6. The number of anilines is 1. The number of rotatable bonds is 9. The molecule has 2 heterocycles. The number of hydrogen-bond donors (Lipinski definition) is 3. The summed E-state index contributed by atoms with van der Waals surface area (Å²) in [7, 11) is 0. The molecule has 5 rings (SSSR count). The topological polar surface area (TPSA) is 157 Å². The normalized spacial score (nSPS) is 11.9. The second-order valence-electron chi connectivity index (χ2n) is 11.5. The summed E-state index contributed by atoms with van der Waals surface area (Å²) >= 11 is 0. The number of carboxylic acid groups (broad SMARTS) is 1. The van der Waals surface area contributed by atoms with Crippen molar-refractivity contribution in [2.45, 2.75) is 45.8 Å². The van der Waals surface area contributed by atoms with Crippen LogP contribution in [0.15, 0.2) is 87.8 Å².